The van der Waals surface area contributed by atoms with Crippen molar-refractivity contribution >= 4 is 34.7 Å². The van der Waals surface area contributed by atoms with Gasteiger partial charge in [-0.2, -0.15) is 4.99 Å². The van der Waals surface area contributed by atoms with Gasteiger partial charge in [0, 0.05) is 17.7 Å². The van der Waals surface area contributed by atoms with Crippen molar-refractivity contribution in [1.82, 2.24) is 5.06 Å². The molecule has 1 saturated carbocycles. The Labute approximate surface area is 124 Å². The van der Waals surface area contributed by atoms with Crippen LogP contribution in [0.5, 0.6) is 0 Å². The molecule has 0 saturated heterocycles. The largest absolute Gasteiger partial charge is 0.285 e. The molecule has 3 rings (SSSR count). The normalized spacial score (nSPS) is 27.0. The molecule has 0 aromatic rings. The lowest BCUT2D eigenvalue weighted by molar-refractivity contribution is -0.118. The highest BCUT2D eigenvalue weighted by atomic mass is 35.5. The molecule has 0 aromatic heterocycles. The molecular formula is C13H10ClFN4O2. The van der Waals surface area contributed by atoms with Gasteiger partial charge in [-0.25, -0.2) is 19.4 Å². The van der Waals surface area contributed by atoms with Crippen LogP contribution in [0.2, 0.25) is 0 Å². The number of amides is 1. The number of rotatable bonds is 1. The van der Waals surface area contributed by atoms with Crippen molar-refractivity contribution in [3.05, 3.63) is 35.6 Å². The lowest BCUT2D eigenvalue weighted by Crippen LogP contribution is -2.14. The molecule has 0 radical (unpaired) electrons. The minimum absolute atomic E-state index is 0.0168. The van der Waals surface area contributed by atoms with Gasteiger partial charge in [-0.15, -0.1) is 0 Å². The van der Waals surface area contributed by atoms with Gasteiger partial charge < -0.3 is 0 Å². The molecule has 1 N–H and O–H groups in total. The lowest BCUT2D eigenvalue weighted by Gasteiger charge is -2.15. The highest BCUT2D eigenvalue weighted by Crippen LogP contribution is 2.30. The van der Waals surface area contributed by atoms with Crippen molar-refractivity contribution in [2.24, 2.45) is 20.9 Å². The van der Waals surface area contributed by atoms with E-state index in [1.165, 1.54) is 18.5 Å². The molecule has 108 valence electrons. The molecule has 8 heteroatoms. The third-order valence-electron chi connectivity index (χ3n) is 3.02. The van der Waals surface area contributed by atoms with E-state index < -0.39 is 5.83 Å². The van der Waals surface area contributed by atoms with Crippen molar-refractivity contribution < 1.29 is 14.4 Å². The Morgan fingerprint density at radius 3 is 2.90 bits per heavy atom. The fourth-order valence-electron chi connectivity index (χ4n) is 1.78. The first-order valence-electron chi connectivity index (χ1n) is 6.23. The SMILES string of the molecule is O=C(N=C1C=N/C(=C2/C=CN(O)C=C2F)C(Cl)=N1)C1CC1. The molecule has 0 atom stereocenters. The average molecular weight is 309 g/mol. The van der Waals surface area contributed by atoms with E-state index in [4.69, 9.17) is 16.8 Å². The molecule has 1 fully saturated rings. The van der Waals surface area contributed by atoms with E-state index in [1.54, 1.807) is 0 Å². The van der Waals surface area contributed by atoms with Gasteiger partial charge in [-0.1, -0.05) is 11.6 Å². The highest BCUT2D eigenvalue weighted by molar-refractivity contribution is 6.71. The molecule has 1 aliphatic carbocycles. The number of allylic oxidation sites excluding steroid dienone is 4. The Morgan fingerprint density at radius 1 is 1.52 bits per heavy atom. The molecule has 0 spiro atoms. The van der Waals surface area contributed by atoms with Crippen LogP contribution in [-0.4, -0.2) is 33.4 Å². The zero-order valence-corrected chi connectivity index (χ0v) is 11.5. The topological polar surface area (TPSA) is 77.6 Å². The maximum absolute atomic E-state index is 13.8. The maximum Gasteiger partial charge on any atom is 0.250 e. The van der Waals surface area contributed by atoms with Crippen molar-refractivity contribution in [3.63, 3.8) is 0 Å². The van der Waals surface area contributed by atoms with E-state index >= 15 is 0 Å². The fraction of sp³-hybridized carbons (Fsp3) is 0.231. The number of halogens is 2. The Kier molecular flexibility index (Phi) is 3.52. The molecule has 2 aliphatic heterocycles. The highest BCUT2D eigenvalue weighted by Gasteiger charge is 2.30. The standard InChI is InChI=1S/C13H10ClFN4O2/c14-12-11(8-3-4-19(21)6-9(8)15)16-5-10(17-12)18-13(20)7-1-2-7/h3-7,21H,1-2H2/b11-8-,18-10?. The van der Waals surface area contributed by atoms with E-state index in [0.717, 1.165) is 19.0 Å². The van der Waals surface area contributed by atoms with Crippen LogP contribution < -0.4 is 0 Å². The summed E-state index contributed by atoms with van der Waals surface area (Å²) in [5, 5.41) is 9.63. The van der Waals surface area contributed by atoms with Crippen molar-refractivity contribution in [1.29, 1.82) is 0 Å². The number of carbonyl (C=O) groups excluding carboxylic acids is 1. The zero-order chi connectivity index (χ0) is 15.0. The first-order chi connectivity index (χ1) is 10.0. The van der Waals surface area contributed by atoms with E-state index in [1.807, 2.05) is 0 Å². The van der Waals surface area contributed by atoms with Gasteiger partial charge in [0.05, 0.1) is 12.4 Å². The summed E-state index contributed by atoms with van der Waals surface area (Å²) in [5.74, 6) is -0.846. The van der Waals surface area contributed by atoms with Crippen molar-refractivity contribution in [2.45, 2.75) is 12.8 Å². The Bertz CT molecular complexity index is 686. The molecular weight excluding hydrogens is 299 g/mol. The van der Waals surface area contributed by atoms with E-state index in [2.05, 4.69) is 15.0 Å². The number of amidine groups is 1. The Hall–Kier alpha value is -2.12. The van der Waals surface area contributed by atoms with Gasteiger partial charge in [0.2, 0.25) is 0 Å². The van der Waals surface area contributed by atoms with Gasteiger partial charge in [-0.05, 0) is 18.9 Å². The van der Waals surface area contributed by atoms with Crippen molar-refractivity contribution in [3.8, 4) is 0 Å². The van der Waals surface area contributed by atoms with Crippen LogP contribution in [-0.2, 0) is 4.79 Å². The van der Waals surface area contributed by atoms with Gasteiger partial charge in [-0.3, -0.25) is 10.0 Å². The predicted molar refractivity (Wildman–Crippen MR) is 75.9 cm³/mol. The molecule has 0 bridgehead atoms. The van der Waals surface area contributed by atoms with E-state index in [9.17, 15) is 9.18 Å². The summed E-state index contributed by atoms with van der Waals surface area (Å²) >= 11 is 5.97. The maximum atomic E-state index is 13.8. The van der Waals surface area contributed by atoms with Gasteiger partial charge in [0.15, 0.2) is 16.8 Å². The summed E-state index contributed by atoms with van der Waals surface area (Å²) in [5.41, 5.74) is 0.213. The van der Waals surface area contributed by atoms with Crippen molar-refractivity contribution in [2.75, 3.05) is 0 Å². The summed E-state index contributed by atoms with van der Waals surface area (Å²) in [6, 6.07) is 0. The second-order valence-corrected chi connectivity index (χ2v) is 5.04. The Balaban J connectivity index is 1.89. The summed E-state index contributed by atoms with van der Waals surface area (Å²) < 4.78 is 13.8. The summed E-state index contributed by atoms with van der Waals surface area (Å²) in [7, 11) is 0. The fourth-order valence-corrected chi connectivity index (χ4v) is 2.02. The van der Waals surface area contributed by atoms with Gasteiger partial charge in [0.25, 0.3) is 5.91 Å². The molecule has 0 aromatic carbocycles. The minimum atomic E-state index is -0.699. The monoisotopic (exact) mass is 308 g/mol. The molecule has 3 aliphatic rings. The van der Waals surface area contributed by atoms with E-state index in [0.29, 0.717) is 5.06 Å². The summed E-state index contributed by atoms with van der Waals surface area (Å²) in [4.78, 5) is 23.3. The molecule has 1 amide bonds. The number of carbonyl (C=O) groups is 1. The number of nitrogens with zero attached hydrogens (tertiary/aromatic N) is 4. The van der Waals surface area contributed by atoms with Crippen LogP contribution in [0.4, 0.5) is 4.39 Å². The Morgan fingerprint density at radius 2 is 2.29 bits per heavy atom. The van der Waals surface area contributed by atoms with Gasteiger partial charge >= 0.3 is 0 Å². The first kappa shape index (κ1) is 13.8. The minimum Gasteiger partial charge on any atom is -0.285 e. The third-order valence-corrected chi connectivity index (χ3v) is 3.28. The number of hydroxylamine groups is 2. The third kappa shape index (κ3) is 2.98. The van der Waals surface area contributed by atoms with Crippen LogP contribution in [0.15, 0.2) is 50.6 Å². The predicted octanol–water partition coefficient (Wildman–Crippen LogP) is 2.33. The first-order valence-corrected chi connectivity index (χ1v) is 6.61. The summed E-state index contributed by atoms with van der Waals surface area (Å²) in [6.07, 6.45) is 6.39. The molecule has 2 heterocycles. The van der Waals surface area contributed by atoms with Crippen LogP contribution in [0.1, 0.15) is 12.8 Å². The summed E-state index contributed by atoms with van der Waals surface area (Å²) in [6.45, 7) is 0. The average Bonchev–Trinajstić information content (AvgIpc) is 3.24. The molecule has 21 heavy (non-hydrogen) atoms. The van der Waals surface area contributed by atoms with Crippen LogP contribution in [0.3, 0.4) is 0 Å². The zero-order valence-electron chi connectivity index (χ0n) is 10.7. The van der Waals surface area contributed by atoms with Crippen LogP contribution >= 0.6 is 11.6 Å². The molecule has 6 nitrogen and oxygen atoms in total. The number of aliphatic imine (C=N–C) groups is 3. The quantitative estimate of drug-likeness (QED) is 0.807. The second-order valence-electron chi connectivity index (χ2n) is 4.68. The number of hydrogen-bond acceptors (Lipinski definition) is 4. The number of hydrogen-bond donors (Lipinski definition) is 1. The lowest BCUT2D eigenvalue weighted by atomic mass is 10.1. The van der Waals surface area contributed by atoms with Crippen LogP contribution in [0.25, 0.3) is 0 Å². The van der Waals surface area contributed by atoms with E-state index in [-0.39, 0.29) is 34.1 Å². The van der Waals surface area contributed by atoms with Crippen LogP contribution in [0, 0.1) is 5.92 Å². The smallest absolute Gasteiger partial charge is 0.250 e. The van der Waals surface area contributed by atoms with Gasteiger partial charge in [0.1, 0.15) is 5.70 Å². The molecule has 0 unspecified atom stereocenters. The second kappa shape index (κ2) is 5.34.